The van der Waals surface area contributed by atoms with Gasteiger partial charge in [0.25, 0.3) is 0 Å². The Labute approximate surface area is 358 Å². The summed E-state index contributed by atoms with van der Waals surface area (Å²) in [5.41, 5.74) is 8.00. The third-order valence-corrected chi connectivity index (χ3v) is 10.4. The van der Waals surface area contributed by atoms with Crippen LogP contribution in [-0.4, -0.2) is 48.4 Å². The van der Waals surface area contributed by atoms with Crippen molar-refractivity contribution in [3.8, 4) is 33.8 Å². The lowest BCUT2D eigenvalue weighted by Crippen LogP contribution is -2.61. The molecule has 59 heavy (non-hydrogen) atoms. The number of aryl methyl sites for hydroxylation is 2. The van der Waals surface area contributed by atoms with Crippen LogP contribution < -0.4 is 20.1 Å². The highest BCUT2D eigenvalue weighted by atomic mass is 16.5. The van der Waals surface area contributed by atoms with Gasteiger partial charge >= 0.3 is 0 Å². The minimum atomic E-state index is -0.632. The summed E-state index contributed by atoms with van der Waals surface area (Å²) in [4.78, 5) is 26.3. The van der Waals surface area contributed by atoms with Crippen molar-refractivity contribution in [3.05, 3.63) is 107 Å². The minimum Gasteiger partial charge on any atom is -0.497 e. The molecule has 4 aromatic rings. The molecule has 4 aromatic carbocycles. The third-order valence-electron chi connectivity index (χ3n) is 10.4. The number of rotatable bonds is 14. The third kappa shape index (κ3) is 14.5. The summed E-state index contributed by atoms with van der Waals surface area (Å²) in [5.74, 6) is 2.26. The quantitative estimate of drug-likeness (QED) is 0.132. The maximum atomic E-state index is 13.3. The second-order valence-electron chi connectivity index (χ2n) is 20.4. The predicted octanol–water partition coefficient (Wildman–Crippen LogP) is 12.1. The second kappa shape index (κ2) is 19.9. The lowest BCUT2D eigenvalue weighted by Gasteiger charge is -2.40. The van der Waals surface area contributed by atoms with Crippen LogP contribution in [0.3, 0.4) is 0 Å². The highest BCUT2D eigenvalue weighted by Gasteiger charge is 2.42. The number of methoxy groups -OCH3 is 2. The van der Waals surface area contributed by atoms with Crippen molar-refractivity contribution in [2.75, 3.05) is 14.2 Å². The van der Waals surface area contributed by atoms with Gasteiger partial charge in [0.15, 0.2) is 11.6 Å². The molecule has 0 aromatic heterocycles. The Balaban J connectivity index is 0.000000316. The van der Waals surface area contributed by atoms with Crippen LogP contribution in [0.25, 0.3) is 22.3 Å². The fraction of sp³-hybridized carbons (Fsp3) is 0.509. The monoisotopic (exact) mass is 805 g/mol. The Morgan fingerprint density at radius 3 is 1.32 bits per heavy atom. The highest BCUT2D eigenvalue weighted by molar-refractivity contribution is 5.93. The Hall–Kier alpha value is -4.26. The van der Waals surface area contributed by atoms with E-state index in [0.717, 1.165) is 29.9 Å². The number of ether oxygens (including phenoxy) is 2. The number of Topliss-reactive ketones (excluding diaryl/α,β-unsaturated/α-hetero) is 2. The molecule has 322 valence electrons. The second-order valence-corrected chi connectivity index (χ2v) is 20.4. The summed E-state index contributed by atoms with van der Waals surface area (Å²) in [6, 6.07) is 29.5. The first-order valence-electron chi connectivity index (χ1n) is 21.4. The molecule has 0 spiro atoms. The van der Waals surface area contributed by atoms with E-state index in [1.165, 1.54) is 38.9 Å². The smallest absolute Gasteiger partial charge is 0.158 e. The van der Waals surface area contributed by atoms with Gasteiger partial charge in [-0.3, -0.25) is 9.59 Å². The maximum Gasteiger partial charge on any atom is 0.158 e. The Kier molecular flexibility index (Phi) is 16.5. The standard InChI is InChI=1S/C27H39NO2.C26H37NO2/c1-10-20-17-22(30-9)15-16-23(20)21-13-11-19(12-14-21)18-27(8,28-26(5,6)7)24(29)25(2,3)4;1-9-19-17-21(29-8)14-15-22(19)20-12-10-18(11-13-20)16-23(27-26(5,6)7)24(28)25(2,3)4/h11-17,28H,10,18H2,1-9H3;10-15,17,23,27H,9,16H2,1-8H3. The summed E-state index contributed by atoms with van der Waals surface area (Å²) in [6.07, 6.45) is 3.24. The molecule has 0 fully saturated rings. The molecule has 2 N–H and O–H groups in total. The molecule has 0 aliphatic rings. The molecule has 0 aliphatic carbocycles. The summed E-state index contributed by atoms with van der Waals surface area (Å²) >= 11 is 0. The van der Waals surface area contributed by atoms with Gasteiger partial charge in [0, 0.05) is 21.9 Å². The van der Waals surface area contributed by atoms with Crippen LogP contribution in [0.4, 0.5) is 0 Å². The van der Waals surface area contributed by atoms with Crippen molar-refractivity contribution < 1.29 is 19.1 Å². The van der Waals surface area contributed by atoms with Crippen molar-refractivity contribution in [3.63, 3.8) is 0 Å². The van der Waals surface area contributed by atoms with Crippen LogP contribution in [0, 0.1) is 10.8 Å². The number of hydrogen-bond donors (Lipinski definition) is 2. The number of hydrogen-bond acceptors (Lipinski definition) is 6. The fourth-order valence-corrected chi connectivity index (χ4v) is 7.90. The molecular formula is C53H76N2O4. The number of carbonyl (C=O) groups is 2. The molecule has 2 atom stereocenters. The molecule has 0 saturated heterocycles. The molecule has 2 unspecified atom stereocenters. The zero-order valence-corrected chi connectivity index (χ0v) is 39.6. The van der Waals surface area contributed by atoms with Crippen molar-refractivity contribution in [2.24, 2.45) is 10.8 Å². The average Bonchev–Trinajstić information content (AvgIpc) is 3.15. The molecule has 4 rings (SSSR count). The first kappa shape index (κ1) is 49.1. The zero-order chi connectivity index (χ0) is 44.6. The number of benzene rings is 4. The summed E-state index contributed by atoms with van der Waals surface area (Å²) < 4.78 is 10.7. The zero-order valence-electron chi connectivity index (χ0n) is 39.6. The Morgan fingerprint density at radius 2 is 0.983 bits per heavy atom. The molecular weight excluding hydrogens is 729 g/mol. The minimum absolute atomic E-state index is 0.120. The normalized spacial score (nSPS) is 13.8. The van der Waals surface area contributed by atoms with Gasteiger partial charge in [-0.05, 0) is 143 Å². The first-order chi connectivity index (χ1) is 27.2. The van der Waals surface area contributed by atoms with Crippen LogP contribution in [0.5, 0.6) is 11.5 Å². The van der Waals surface area contributed by atoms with Crippen molar-refractivity contribution in [1.29, 1.82) is 0 Å². The van der Waals surface area contributed by atoms with Crippen LogP contribution in [0.1, 0.15) is 126 Å². The van der Waals surface area contributed by atoms with E-state index in [9.17, 15) is 9.59 Å². The van der Waals surface area contributed by atoms with Crippen LogP contribution in [-0.2, 0) is 35.3 Å². The molecule has 0 heterocycles. The van der Waals surface area contributed by atoms with Crippen LogP contribution in [0.15, 0.2) is 84.9 Å². The van der Waals surface area contributed by atoms with E-state index in [4.69, 9.17) is 9.47 Å². The average molecular weight is 805 g/mol. The van der Waals surface area contributed by atoms with Gasteiger partial charge < -0.3 is 20.1 Å². The van der Waals surface area contributed by atoms with Gasteiger partial charge in [-0.25, -0.2) is 0 Å². The summed E-state index contributed by atoms with van der Waals surface area (Å²) in [7, 11) is 3.40. The van der Waals surface area contributed by atoms with Gasteiger partial charge in [-0.2, -0.15) is 0 Å². The molecule has 6 heteroatoms. The topological polar surface area (TPSA) is 76.7 Å². The Bertz CT molecular complexity index is 1980. The first-order valence-corrected chi connectivity index (χ1v) is 21.4. The van der Waals surface area contributed by atoms with Crippen molar-refractivity contribution in [1.82, 2.24) is 10.6 Å². The van der Waals surface area contributed by atoms with Gasteiger partial charge in [-0.15, -0.1) is 0 Å². The molecule has 6 nitrogen and oxygen atoms in total. The van der Waals surface area contributed by atoms with Gasteiger partial charge in [0.1, 0.15) is 11.5 Å². The van der Waals surface area contributed by atoms with Crippen LogP contribution in [0.2, 0.25) is 0 Å². The predicted molar refractivity (Wildman–Crippen MR) is 250 cm³/mol. The number of carbonyl (C=O) groups excluding carboxylic acids is 2. The molecule has 0 saturated carbocycles. The summed E-state index contributed by atoms with van der Waals surface area (Å²) in [6.45, 7) is 31.0. The van der Waals surface area contributed by atoms with Gasteiger partial charge in [0.2, 0.25) is 0 Å². The van der Waals surface area contributed by atoms with E-state index in [1.807, 2.05) is 60.6 Å². The lowest BCUT2D eigenvalue weighted by atomic mass is 9.75. The van der Waals surface area contributed by atoms with E-state index in [1.54, 1.807) is 14.2 Å². The molecule has 0 radical (unpaired) electrons. The van der Waals surface area contributed by atoms with E-state index in [2.05, 4.69) is 139 Å². The van der Waals surface area contributed by atoms with E-state index in [0.29, 0.717) is 12.8 Å². The van der Waals surface area contributed by atoms with Gasteiger partial charge in [-0.1, -0.05) is 116 Å². The number of nitrogens with one attached hydrogen (secondary N) is 2. The van der Waals surface area contributed by atoms with Crippen molar-refractivity contribution in [2.45, 2.75) is 152 Å². The van der Waals surface area contributed by atoms with E-state index < -0.39 is 11.0 Å². The molecule has 0 bridgehead atoms. The van der Waals surface area contributed by atoms with E-state index >= 15 is 0 Å². The van der Waals surface area contributed by atoms with Crippen molar-refractivity contribution >= 4 is 11.6 Å². The molecule has 0 amide bonds. The Morgan fingerprint density at radius 1 is 0.559 bits per heavy atom. The fourth-order valence-electron chi connectivity index (χ4n) is 7.90. The van der Waals surface area contributed by atoms with Gasteiger partial charge in [0.05, 0.1) is 25.8 Å². The number of ketones is 2. The van der Waals surface area contributed by atoms with Crippen LogP contribution >= 0.6 is 0 Å². The SMILES string of the molecule is CCc1cc(OC)ccc1-c1ccc(CC(C)(NC(C)(C)C)C(=O)C(C)(C)C)cc1.CCc1cc(OC)ccc1-c1ccc(CC(NC(C)(C)C)C(=O)C(C)(C)C)cc1. The maximum absolute atomic E-state index is 13.3. The highest BCUT2D eigenvalue weighted by Crippen LogP contribution is 2.32. The lowest BCUT2D eigenvalue weighted by molar-refractivity contribution is -0.133. The largest absolute Gasteiger partial charge is 0.497 e. The summed E-state index contributed by atoms with van der Waals surface area (Å²) in [5, 5.41) is 7.13. The van der Waals surface area contributed by atoms with E-state index in [-0.39, 0.29) is 34.1 Å². The molecule has 0 aliphatic heterocycles.